The van der Waals surface area contributed by atoms with Gasteiger partial charge in [-0.25, -0.2) is 0 Å². The number of allylic oxidation sites excluding steroid dienone is 1. The quantitative estimate of drug-likeness (QED) is 0.308. The van der Waals surface area contributed by atoms with Crippen molar-refractivity contribution in [1.29, 1.82) is 0 Å². The number of hydrogen-bond donors (Lipinski definition) is 1. The molecule has 0 aliphatic carbocycles. The number of amides is 1. The molecular formula is C5H9NO. The first kappa shape index (κ1) is 6.21. The Bertz CT molecular complexity index is 68.5. The average Bonchev–Trinajstić information content (AvgIpc) is 1.69. The highest BCUT2D eigenvalue weighted by Gasteiger charge is 1.66. The maximum atomic E-state index is 9.53. The van der Waals surface area contributed by atoms with Gasteiger partial charge < -0.3 is 5.32 Å². The van der Waals surface area contributed by atoms with Gasteiger partial charge in [0.1, 0.15) is 0 Å². The summed E-state index contributed by atoms with van der Waals surface area (Å²) in [5, 5.41) is 2.48. The number of nitrogens with one attached hydrogen (secondary N) is 1. The molecule has 0 rings (SSSR count). The molecule has 0 aromatic carbocycles. The van der Waals surface area contributed by atoms with Crippen LogP contribution < -0.4 is 5.32 Å². The van der Waals surface area contributed by atoms with Gasteiger partial charge >= 0.3 is 0 Å². The largest absolute Gasteiger partial charge is 0.355 e. The topological polar surface area (TPSA) is 29.1 Å². The van der Waals surface area contributed by atoms with Gasteiger partial charge in [0.2, 0.25) is 6.41 Å². The van der Waals surface area contributed by atoms with Crippen molar-refractivity contribution < 1.29 is 4.79 Å². The minimum absolute atomic E-state index is 0.639. The van der Waals surface area contributed by atoms with E-state index in [2.05, 4.69) is 5.32 Å². The monoisotopic (exact) mass is 99.1 g/mol. The summed E-state index contributed by atoms with van der Waals surface area (Å²) >= 11 is 0. The Labute approximate surface area is 43.2 Å². The Kier molecular flexibility index (Phi) is 4.62. The highest BCUT2D eigenvalue weighted by Crippen LogP contribution is 1.62. The van der Waals surface area contributed by atoms with Gasteiger partial charge in [-0.05, 0) is 6.92 Å². The lowest BCUT2D eigenvalue weighted by atomic mass is 10.5. The third-order valence-electron chi connectivity index (χ3n) is 0.555. The lowest BCUT2D eigenvalue weighted by Crippen LogP contribution is -2.08. The Morgan fingerprint density at radius 2 is 2.43 bits per heavy atom. The van der Waals surface area contributed by atoms with E-state index >= 15 is 0 Å². The Morgan fingerprint density at radius 1 is 1.71 bits per heavy atom. The molecule has 2 nitrogen and oxygen atoms in total. The summed E-state index contributed by atoms with van der Waals surface area (Å²) in [6, 6.07) is 0. The molecule has 0 aromatic heterocycles. The number of carbonyl (C=O) groups excluding carboxylic acids is 1. The summed E-state index contributed by atoms with van der Waals surface area (Å²) in [4.78, 5) is 9.53. The average molecular weight is 99.1 g/mol. The van der Waals surface area contributed by atoms with Gasteiger partial charge in [0.25, 0.3) is 0 Å². The zero-order valence-electron chi connectivity index (χ0n) is 4.35. The molecule has 0 spiro atoms. The molecule has 0 bridgehead atoms. The second kappa shape index (κ2) is 5.21. The highest BCUT2D eigenvalue weighted by atomic mass is 16.1. The molecular weight excluding hydrogens is 90.1 g/mol. The minimum Gasteiger partial charge on any atom is -0.355 e. The van der Waals surface area contributed by atoms with Gasteiger partial charge in [-0.15, -0.1) is 0 Å². The van der Waals surface area contributed by atoms with Crippen LogP contribution in [0.3, 0.4) is 0 Å². The summed E-state index contributed by atoms with van der Waals surface area (Å²) in [6.07, 6.45) is 4.44. The normalized spacial score (nSPS) is 9.29. The zero-order chi connectivity index (χ0) is 5.54. The number of hydrogen-bond acceptors (Lipinski definition) is 1. The van der Waals surface area contributed by atoms with Gasteiger partial charge in [0.05, 0.1) is 0 Å². The Hall–Kier alpha value is -0.790. The van der Waals surface area contributed by atoms with Crippen LogP contribution in [0.1, 0.15) is 6.92 Å². The van der Waals surface area contributed by atoms with E-state index in [1.807, 2.05) is 19.1 Å². The third-order valence-corrected chi connectivity index (χ3v) is 0.555. The van der Waals surface area contributed by atoms with Crippen LogP contribution in [0.15, 0.2) is 12.2 Å². The van der Waals surface area contributed by atoms with Crippen molar-refractivity contribution in [2.75, 3.05) is 6.54 Å². The minimum atomic E-state index is 0.639. The lowest BCUT2D eigenvalue weighted by molar-refractivity contribution is -0.109. The van der Waals surface area contributed by atoms with E-state index in [-0.39, 0.29) is 0 Å². The maximum Gasteiger partial charge on any atom is 0.207 e. The fourth-order valence-corrected chi connectivity index (χ4v) is 0.234. The van der Waals surface area contributed by atoms with Crippen LogP contribution in [0.5, 0.6) is 0 Å². The molecule has 0 aliphatic heterocycles. The van der Waals surface area contributed by atoms with E-state index in [1.54, 1.807) is 0 Å². The summed E-state index contributed by atoms with van der Waals surface area (Å²) in [5.74, 6) is 0. The SMILES string of the molecule is C/C=C\CNC=O. The van der Waals surface area contributed by atoms with Gasteiger partial charge in [-0.1, -0.05) is 12.2 Å². The van der Waals surface area contributed by atoms with Crippen LogP contribution in [0, 0.1) is 0 Å². The van der Waals surface area contributed by atoms with Crippen LogP contribution in [0.2, 0.25) is 0 Å². The van der Waals surface area contributed by atoms with Gasteiger partial charge in [0, 0.05) is 6.54 Å². The smallest absolute Gasteiger partial charge is 0.207 e. The van der Waals surface area contributed by atoms with Crippen molar-refractivity contribution in [3.63, 3.8) is 0 Å². The van der Waals surface area contributed by atoms with Crippen LogP contribution >= 0.6 is 0 Å². The lowest BCUT2D eigenvalue weighted by Gasteiger charge is -1.83. The molecule has 2 heteroatoms. The Balaban J connectivity index is 2.82. The molecule has 1 amide bonds. The molecule has 0 aromatic rings. The van der Waals surface area contributed by atoms with Crippen molar-refractivity contribution in [2.45, 2.75) is 6.92 Å². The second-order valence-electron chi connectivity index (χ2n) is 1.10. The molecule has 0 fully saturated rings. The molecule has 0 aliphatic rings. The Morgan fingerprint density at radius 3 is 2.86 bits per heavy atom. The zero-order valence-corrected chi connectivity index (χ0v) is 4.35. The first-order valence-electron chi connectivity index (χ1n) is 2.20. The van der Waals surface area contributed by atoms with Crippen molar-refractivity contribution in [3.8, 4) is 0 Å². The molecule has 0 saturated heterocycles. The predicted octanol–water partition coefficient (Wildman–Crippen LogP) is 0.309. The molecule has 7 heavy (non-hydrogen) atoms. The van der Waals surface area contributed by atoms with Gasteiger partial charge in [0.15, 0.2) is 0 Å². The fourth-order valence-electron chi connectivity index (χ4n) is 0.234. The predicted molar refractivity (Wildman–Crippen MR) is 28.9 cm³/mol. The van der Waals surface area contributed by atoms with E-state index in [0.717, 1.165) is 0 Å². The summed E-state index contributed by atoms with van der Waals surface area (Å²) < 4.78 is 0. The van der Waals surface area contributed by atoms with Crippen molar-refractivity contribution in [2.24, 2.45) is 0 Å². The molecule has 0 unspecified atom stereocenters. The third kappa shape index (κ3) is 5.21. The van der Waals surface area contributed by atoms with E-state index in [0.29, 0.717) is 13.0 Å². The molecule has 0 heterocycles. The summed E-state index contributed by atoms with van der Waals surface area (Å²) in [5.41, 5.74) is 0. The van der Waals surface area contributed by atoms with E-state index in [9.17, 15) is 4.79 Å². The van der Waals surface area contributed by atoms with Crippen LogP contribution in [0.4, 0.5) is 0 Å². The molecule has 0 atom stereocenters. The molecule has 0 saturated carbocycles. The van der Waals surface area contributed by atoms with Crippen molar-refractivity contribution >= 4 is 6.41 Å². The van der Waals surface area contributed by atoms with Crippen LogP contribution in [-0.4, -0.2) is 13.0 Å². The van der Waals surface area contributed by atoms with E-state index in [1.165, 1.54) is 0 Å². The second-order valence-corrected chi connectivity index (χ2v) is 1.10. The molecule has 1 N–H and O–H groups in total. The molecule has 40 valence electrons. The van der Waals surface area contributed by atoms with Crippen LogP contribution in [0.25, 0.3) is 0 Å². The number of rotatable bonds is 3. The van der Waals surface area contributed by atoms with Crippen molar-refractivity contribution in [1.82, 2.24) is 5.32 Å². The first-order chi connectivity index (χ1) is 3.41. The van der Waals surface area contributed by atoms with E-state index in [4.69, 9.17) is 0 Å². The fraction of sp³-hybridized carbons (Fsp3) is 0.400. The summed E-state index contributed by atoms with van der Waals surface area (Å²) in [6.45, 7) is 2.55. The highest BCUT2D eigenvalue weighted by molar-refractivity contribution is 5.46. The molecule has 0 radical (unpaired) electrons. The van der Waals surface area contributed by atoms with Gasteiger partial charge in [-0.3, -0.25) is 4.79 Å². The number of carbonyl (C=O) groups is 1. The maximum absolute atomic E-state index is 9.53. The van der Waals surface area contributed by atoms with Crippen molar-refractivity contribution in [3.05, 3.63) is 12.2 Å². The standard InChI is InChI=1S/C5H9NO/c1-2-3-4-6-5-7/h2-3,5H,4H2,1H3,(H,6,7)/b3-2-. The van der Waals surface area contributed by atoms with Crippen LogP contribution in [-0.2, 0) is 4.79 Å². The first-order valence-corrected chi connectivity index (χ1v) is 2.20. The van der Waals surface area contributed by atoms with Gasteiger partial charge in [-0.2, -0.15) is 0 Å². The van der Waals surface area contributed by atoms with E-state index < -0.39 is 0 Å². The summed E-state index contributed by atoms with van der Waals surface area (Å²) in [7, 11) is 0.